The van der Waals surface area contributed by atoms with Crippen LogP contribution in [0.15, 0.2) is 0 Å². The molecule has 0 aromatic rings. The van der Waals surface area contributed by atoms with Crippen LogP contribution in [-0.4, -0.2) is 24.8 Å². The number of carbonyl (C=O) groups excluding carboxylic acids is 1. The van der Waals surface area contributed by atoms with Crippen LogP contribution in [0.25, 0.3) is 0 Å². The molecule has 0 saturated carbocycles. The molecular formula is C7H14N2O2. The molecule has 0 bridgehead atoms. The fourth-order valence-electron chi connectivity index (χ4n) is 1.33. The summed E-state index contributed by atoms with van der Waals surface area (Å²) in [7, 11) is 0. The fraction of sp³-hybridized carbons (Fsp3) is 0.857. The van der Waals surface area contributed by atoms with Crippen LogP contribution in [0.3, 0.4) is 0 Å². The molecule has 0 aliphatic carbocycles. The lowest BCUT2D eigenvalue weighted by Gasteiger charge is -2.27. The molecule has 2 amide bonds. The summed E-state index contributed by atoms with van der Waals surface area (Å²) in [5.74, 6) is 0. The number of nitrogens with two attached hydrogens (primary N) is 1. The van der Waals surface area contributed by atoms with Gasteiger partial charge in [-0.25, -0.2) is 4.79 Å². The van der Waals surface area contributed by atoms with Gasteiger partial charge in [-0.05, 0) is 19.8 Å². The van der Waals surface area contributed by atoms with Crippen LogP contribution >= 0.6 is 0 Å². The van der Waals surface area contributed by atoms with E-state index in [1.165, 1.54) is 0 Å². The SMILES string of the molecule is CC1CC(NC(N)=O)CCO1. The molecule has 64 valence electrons. The second kappa shape index (κ2) is 3.57. The van der Waals surface area contributed by atoms with Gasteiger partial charge in [-0.1, -0.05) is 0 Å². The van der Waals surface area contributed by atoms with Crippen molar-refractivity contribution in [3.05, 3.63) is 0 Å². The van der Waals surface area contributed by atoms with Gasteiger partial charge in [0, 0.05) is 12.6 Å². The Morgan fingerprint density at radius 3 is 3.00 bits per heavy atom. The van der Waals surface area contributed by atoms with Gasteiger partial charge in [0.1, 0.15) is 0 Å². The third-order valence-electron chi connectivity index (χ3n) is 1.83. The Morgan fingerprint density at radius 1 is 1.73 bits per heavy atom. The van der Waals surface area contributed by atoms with Crippen molar-refractivity contribution in [3.63, 3.8) is 0 Å². The maximum atomic E-state index is 10.4. The number of carbonyl (C=O) groups is 1. The first-order valence-corrected chi connectivity index (χ1v) is 3.86. The molecule has 0 aromatic heterocycles. The molecule has 4 heteroatoms. The molecule has 1 fully saturated rings. The topological polar surface area (TPSA) is 64.3 Å². The largest absolute Gasteiger partial charge is 0.378 e. The molecule has 0 spiro atoms. The molecule has 0 radical (unpaired) electrons. The molecule has 3 N–H and O–H groups in total. The number of hydrogen-bond acceptors (Lipinski definition) is 2. The molecule has 1 saturated heterocycles. The van der Waals surface area contributed by atoms with Crippen LogP contribution in [0.1, 0.15) is 19.8 Å². The summed E-state index contributed by atoms with van der Waals surface area (Å²) in [5.41, 5.74) is 4.98. The Hall–Kier alpha value is -0.770. The molecule has 0 aromatic carbocycles. The summed E-state index contributed by atoms with van der Waals surface area (Å²) in [5, 5.41) is 2.67. The van der Waals surface area contributed by atoms with E-state index in [-0.39, 0.29) is 12.1 Å². The summed E-state index contributed by atoms with van der Waals surface area (Å²) in [6.07, 6.45) is 1.97. The summed E-state index contributed by atoms with van der Waals surface area (Å²) in [6.45, 7) is 2.71. The highest BCUT2D eigenvalue weighted by Crippen LogP contribution is 2.12. The van der Waals surface area contributed by atoms with Crippen LogP contribution < -0.4 is 11.1 Å². The van der Waals surface area contributed by atoms with Gasteiger partial charge in [-0.15, -0.1) is 0 Å². The van der Waals surface area contributed by atoms with Crippen molar-refractivity contribution in [1.29, 1.82) is 0 Å². The lowest BCUT2D eigenvalue weighted by molar-refractivity contribution is 0.0156. The average molecular weight is 158 g/mol. The van der Waals surface area contributed by atoms with E-state index >= 15 is 0 Å². The number of primary amides is 1. The Balaban J connectivity index is 2.28. The van der Waals surface area contributed by atoms with Gasteiger partial charge in [-0.3, -0.25) is 0 Å². The van der Waals surface area contributed by atoms with E-state index in [2.05, 4.69) is 5.32 Å². The quantitative estimate of drug-likeness (QED) is 0.573. The fourth-order valence-corrected chi connectivity index (χ4v) is 1.33. The van der Waals surface area contributed by atoms with Gasteiger partial charge >= 0.3 is 6.03 Å². The number of nitrogens with one attached hydrogen (secondary N) is 1. The summed E-state index contributed by atoms with van der Waals surface area (Å²) in [4.78, 5) is 10.4. The minimum absolute atomic E-state index is 0.205. The van der Waals surface area contributed by atoms with Gasteiger partial charge in [0.25, 0.3) is 0 Å². The number of amides is 2. The zero-order valence-electron chi connectivity index (χ0n) is 6.67. The number of urea groups is 1. The highest BCUT2D eigenvalue weighted by atomic mass is 16.5. The van der Waals surface area contributed by atoms with E-state index in [0.29, 0.717) is 6.61 Å². The summed E-state index contributed by atoms with van der Waals surface area (Å²) in [6, 6.07) is -0.236. The summed E-state index contributed by atoms with van der Waals surface area (Å²) >= 11 is 0. The molecule has 11 heavy (non-hydrogen) atoms. The smallest absolute Gasteiger partial charge is 0.312 e. The van der Waals surface area contributed by atoms with Crippen molar-refractivity contribution in [3.8, 4) is 0 Å². The maximum absolute atomic E-state index is 10.4. The van der Waals surface area contributed by atoms with Gasteiger partial charge in [0.2, 0.25) is 0 Å². The van der Waals surface area contributed by atoms with Crippen LogP contribution in [-0.2, 0) is 4.74 Å². The lowest BCUT2D eigenvalue weighted by atomic mass is 10.1. The molecule has 1 aliphatic heterocycles. The molecule has 2 unspecified atom stereocenters. The van der Waals surface area contributed by atoms with Gasteiger partial charge in [-0.2, -0.15) is 0 Å². The third-order valence-corrected chi connectivity index (χ3v) is 1.83. The first-order chi connectivity index (χ1) is 5.18. The van der Waals surface area contributed by atoms with Crippen LogP contribution in [0, 0.1) is 0 Å². The van der Waals surface area contributed by atoms with Crippen LogP contribution in [0.5, 0.6) is 0 Å². The molecule has 4 nitrogen and oxygen atoms in total. The van der Waals surface area contributed by atoms with E-state index < -0.39 is 6.03 Å². The van der Waals surface area contributed by atoms with E-state index in [0.717, 1.165) is 12.8 Å². The van der Waals surface area contributed by atoms with E-state index in [1.807, 2.05) is 6.92 Å². The minimum Gasteiger partial charge on any atom is -0.378 e. The van der Waals surface area contributed by atoms with E-state index in [9.17, 15) is 4.79 Å². The van der Waals surface area contributed by atoms with Crippen molar-refractivity contribution < 1.29 is 9.53 Å². The van der Waals surface area contributed by atoms with Crippen molar-refractivity contribution in [1.82, 2.24) is 5.32 Å². The van der Waals surface area contributed by atoms with Crippen LogP contribution in [0.2, 0.25) is 0 Å². The normalized spacial score (nSPS) is 31.4. The molecule has 2 atom stereocenters. The van der Waals surface area contributed by atoms with Gasteiger partial charge in [0.05, 0.1) is 6.10 Å². The second-order valence-electron chi connectivity index (χ2n) is 2.91. The van der Waals surface area contributed by atoms with Crippen molar-refractivity contribution >= 4 is 6.03 Å². The Labute approximate surface area is 66.1 Å². The molecule has 1 rings (SSSR count). The first kappa shape index (κ1) is 8.33. The monoisotopic (exact) mass is 158 g/mol. The van der Waals surface area contributed by atoms with Gasteiger partial charge in [0.15, 0.2) is 0 Å². The zero-order chi connectivity index (χ0) is 8.27. The second-order valence-corrected chi connectivity index (χ2v) is 2.91. The third kappa shape index (κ3) is 2.76. The first-order valence-electron chi connectivity index (χ1n) is 3.86. The number of hydrogen-bond donors (Lipinski definition) is 2. The Morgan fingerprint density at radius 2 is 2.45 bits per heavy atom. The van der Waals surface area contributed by atoms with Crippen LogP contribution in [0.4, 0.5) is 4.79 Å². The number of rotatable bonds is 1. The molecule has 1 aliphatic rings. The van der Waals surface area contributed by atoms with E-state index in [1.54, 1.807) is 0 Å². The Bertz CT molecular complexity index is 149. The van der Waals surface area contributed by atoms with E-state index in [4.69, 9.17) is 10.5 Å². The summed E-state index contributed by atoms with van der Waals surface area (Å²) < 4.78 is 5.30. The predicted molar refractivity (Wildman–Crippen MR) is 41.2 cm³/mol. The minimum atomic E-state index is -0.441. The highest BCUT2D eigenvalue weighted by Gasteiger charge is 2.19. The van der Waals surface area contributed by atoms with Gasteiger partial charge < -0.3 is 15.8 Å². The Kier molecular flexibility index (Phi) is 2.70. The van der Waals surface area contributed by atoms with Crippen molar-refractivity contribution in [2.45, 2.75) is 31.9 Å². The predicted octanol–water partition coefficient (Wildman–Crippen LogP) is 0.222. The zero-order valence-corrected chi connectivity index (χ0v) is 6.67. The van der Waals surface area contributed by atoms with Crippen molar-refractivity contribution in [2.24, 2.45) is 5.73 Å². The molecule has 1 heterocycles. The average Bonchev–Trinajstić information content (AvgIpc) is 1.85. The lowest BCUT2D eigenvalue weighted by Crippen LogP contribution is -2.43. The number of ether oxygens (including phenoxy) is 1. The standard InChI is InChI=1S/C7H14N2O2/c1-5-4-6(2-3-11-5)9-7(8)10/h5-6H,2-4H2,1H3,(H3,8,9,10). The molecular weight excluding hydrogens is 144 g/mol. The van der Waals surface area contributed by atoms with Crippen molar-refractivity contribution in [2.75, 3.05) is 6.61 Å². The highest BCUT2D eigenvalue weighted by molar-refractivity contribution is 5.71. The maximum Gasteiger partial charge on any atom is 0.312 e.